The van der Waals surface area contributed by atoms with Crippen LogP contribution in [-0.4, -0.2) is 24.3 Å². The van der Waals surface area contributed by atoms with Gasteiger partial charge in [0.2, 0.25) is 0 Å². The maximum absolute atomic E-state index is 9.87. The smallest absolute Gasteiger partial charge is 0.0778 e. The predicted octanol–water partition coefficient (Wildman–Crippen LogP) is 1.48. The quantitative estimate of drug-likeness (QED) is 0.644. The molecular formula is C11H19NO. The van der Waals surface area contributed by atoms with Gasteiger partial charge in [-0.3, -0.25) is 0 Å². The summed E-state index contributed by atoms with van der Waals surface area (Å²) < 4.78 is 0. The number of hydrogen-bond acceptors (Lipinski definition) is 2. The number of piperidine rings is 1. The molecule has 1 aliphatic rings. The van der Waals surface area contributed by atoms with Crippen LogP contribution in [0.5, 0.6) is 0 Å². The standard InChI is InChI=1S/C11H19NO/c1-3-5-11(10(13)4-2)6-8-12-9-7-11/h3-4,10,12-13H,1-2,5-9H2. The van der Waals surface area contributed by atoms with Gasteiger partial charge in [0, 0.05) is 5.41 Å². The van der Waals surface area contributed by atoms with Crippen molar-refractivity contribution in [3.05, 3.63) is 25.3 Å². The van der Waals surface area contributed by atoms with Crippen LogP contribution in [0, 0.1) is 5.41 Å². The average molecular weight is 181 g/mol. The lowest BCUT2D eigenvalue weighted by molar-refractivity contribution is 0.0365. The van der Waals surface area contributed by atoms with E-state index in [4.69, 9.17) is 0 Å². The van der Waals surface area contributed by atoms with Crippen molar-refractivity contribution < 1.29 is 5.11 Å². The minimum Gasteiger partial charge on any atom is -0.388 e. The highest BCUT2D eigenvalue weighted by atomic mass is 16.3. The van der Waals surface area contributed by atoms with Gasteiger partial charge < -0.3 is 10.4 Å². The first kappa shape index (κ1) is 10.5. The van der Waals surface area contributed by atoms with E-state index >= 15 is 0 Å². The van der Waals surface area contributed by atoms with Crippen molar-refractivity contribution in [2.75, 3.05) is 13.1 Å². The van der Waals surface area contributed by atoms with Gasteiger partial charge in [0.15, 0.2) is 0 Å². The van der Waals surface area contributed by atoms with Crippen LogP contribution in [0.3, 0.4) is 0 Å². The third-order valence-electron chi connectivity index (χ3n) is 3.00. The molecule has 0 spiro atoms. The van der Waals surface area contributed by atoms with E-state index in [1.165, 1.54) is 0 Å². The number of aliphatic hydroxyl groups is 1. The normalized spacial score (nSPS) is 23.5. The van der Waals surface area contributed by atoms with E-state index in [-0.39, 0.29) is 5.41 Å². The van der Waals surface area contributed by atoms with Crippen LogP contribution >= 0.6 is 0 Å². The molecule has 0 aromatic rings. The Morgan fingerprint density at radius 2 is 2.00 bits per heavy atom. The molecule has 1 aliphatic heterocycles. The number of hydrogen-bond donors (Lipinski definition) is 2. The average Bonchev–Trinajstić information content (AvgIpc) is 2.18. The third-order valence-corrected chi connectivity index (χ3v) is 3.00. The van der Waals surface area contributed by atoms with Crippen LogP contribution in [0.15, 0.2) is 25.3 Å². The maximum Gasteiger partial charge on any atom is 0.0778 e. The molecule has 2 heteroatoms. The molecule has 74 valence electrons. The summed E-state index contributed by atoms with van der Waals surface area (Å²) in [5, 5.41) is 13.2. The summed E-state index contributed by atoms with van der Waals surface area (Å²) in [4.78, 5) is 0. The van der Waals surface area contributed by atoms with E-state index in [1.807, 2.05) is 6.08 Å². The molecule has 1 heterocycles. The molecular weight excluding hydrogens is 162 g/mol. The number of nitrogens with one attached hydrogen (secondary N) is 1. The zero-order valence-corrected chi connectivity index (χ0v) is 8.13. The largest absolute Gasteiger partial charge is 0.388 e. The number of aliphatic hydroxyl groups excluding tert-OH is 1. The molecule has 1 atom stereocenters. The third kappa shape index (κ3) is 2.20. The SMILES string of the molecule is C=CCC1(C(O)C=C)CCNCC1. The zero-order valence-electron chi connectivity index (χ0n) is 8.13. The van der Waals surface area contributed by atoms with Crippen molar-refractivity contribution in [3.63, 3.8) is 0 Å². The Balaban J connectivity index is 2.71. The molecule has 2 nitrogen and oxygen atoms in total. The Labute approximate surface area is 80.3 Å². The Morgan fingerprint density at radius 1 is 1.38 bits per heavy atom. The van der Waals surface area contributed by atoms with Gasteiger partial charge >= 0.3 is 0 Å². The first-order chi connectivity index (χ1) is 6.25. The van der Waals surface area contributed by atoms with Crippen molar-refractivity contribution in [2.24, 2.45) is 5.41 Å². The van der Waals surface area contributed by atoms with Gasteiger partial charge in [-0.25, -0.2) is 0 Å². The second-order valence-electron chi connectivity index (χ2n) is 3.79. The van der Waals surface area contributed by atoms with Crippen molar-refractivity contribution in [3.8, 4) is 0 Å². The van der Waals surface area contributed by atoms with Crippen LogP contribution in [0.4, 0.5) is 0 Å². The topological polar surface area (TPSA) is 32.3 Å². The maximum atomic E-state index is 9.87. The molecule has 0 amide bonds. The van der Waals surface area contributed by atoms with E-state index in [1.54, 1.807) is 6.08 Å². The summed E-state index contributed by atoms with van der Waals surface area (Å²) in [6.45, 7) is 9.38. The van der Waals surface area contributed by atoms with Crippen LogP contribution in [0.25, 0.3) is 0 Å². The van der Waals surface area contributed by atoms with Gasteiger partial charge in [-0.2, -0.15) is 0 Å². The minimum absolute atomic E-state index is 0.00521. The lowest BCUT2D eigenvalue weighted by atomic mass is 9.72. The van der Waals surface area contributed by atoms with Crippen molar-refractivity contribution >= 4 is 0 Å². The minimum atomic E-state index is -0.396. The van der Waals surface area contributed by atoms with Crippen LogP contribution < -0.4 is 5.32 Å². The summed E-state index contributed by atoms with van der Waals surface area (Å²) in [6.07, 6.45) is 6.04. The first-order valence-electron chi connectivity index (χ1n) is 4.87. The summed E-state index contributed by atoms with van der Waals surface area (Å²) in [5.41, 5.74) is -0.00521. The molecule has 2 N–H and O–H groups in total. The summed E-state index contributed by atoms with van der Waals surface area (Å²) in [6, 6.07) is 0. The lowest BCUT2D eigenvalue weighted by Gasteiger charge is -2.39. The predicted molar refractivity (Wildman–Crippen MR) is 55.6 cm³/mol. The van der Waals surface area contributed by atoms with Gasteiger partial charge in [0.05, 0.1) is 6.10 Å². The molecule has 0 aliphatic carbocycles. The number of allylic oxidation sites excluding steroid dienone is 1. The fourth-order valence-corrected chi connectivity index (χ4v) is 2.08. The number of rotatable bonds is 4. The highest BCUT2D eigenvalue weighted by molar-refractivity contribution is 5.01. The van der Waals surface area contributed by atoms with E-state index in [2.05, 4.69) is 18.5 Å². The van der Waals surface area contributed by atoms with E-state index in [0.29, 0.717) is 0 Å². The molecule has 0 aromatic carbocycles. The molecule has 0 aromatic heterocycles. The molecule has 1 rings (SSSR count). The van der Waals surface area contributed by atoms with Crippen molar-refractivity contribution in [1.29, 1.82) is 0 Å². The van der Waals surface area contributed by atoms with Gasteiger partial charge in [0.25, 0.3) is 0 Å². The highest BCUT2D eigenvalue weighted by Gasteiger charge is 2.36. The van der Waals surface area contributed by atoms with Gasteiger partial charge in [-0.1, -0.05) is 12.2 Å². The molecule has 0 radical (unpaired) electrons. The van der Waals surface area contributed by atoms with E-state index < -0.39 is 6.10 Å². The fraction of sp³-hybridized carbons (Fsp3) is 0.636. The van der Waals surface area contributed by atoms with Crippen molar-refractivity contribution in [1.82, 2.24) is 5.32 Å². The molecule has 0 saturated carbocycles. The fourth-order valence-electron chi connectivity index (χ4n) is 2.08. The molecule has 13 heavy (non-hydrogen) atoms. The van der Waals surface area contributed by atoms with Crippen molar-refractivity contribution in [2.45, 2.75) is 25.4 Å². The molecule has 1 fully saturated rings. The summed E-state index contributed by atoms with van der Waals surface area (Å²) in [5.74, 6) is 0. The first-order valence-corrected chi connectivity index (χ1v) is 4.87. The summed E-state index contributed by atoms with van der Waals surface area (Å²) >= 11 is 0. The zero-order chi connectivity index (χ0) is 9.73. The summed E-state index contributed by atoms with van der Waals surface area (Å²) in [7, 11) is 0. The second kappa shape index (κ2) is 4.58. The Hall–Kier alpha value is -0.600. The van der Waals surface area contributed by atoms with Gasteiger partial charge in [0.1, 0.15) is 0 Å². The Morgan fingerprint density at radius 3 is 2.46 bits per heavy atom. The van der Waals surface area contributed by atoms with Crippen LogP contribution in [0.2, 0.25) is 0 Å². The Bertz CT molecular complexity index is 183. The second-order valence-corrected chi connectivity index (χ2v) is 3.79. The molecule has 1 saturated heterocycles. The Kier molecular flexibility index (Phi) is 3.70. The van der Waals surface area contributed by atoms with Crippen LogP contribution in [-0.2, 0) is 0 Å². The monoisotopic (exact) mass is 181 g/mol. The molecule has 0 bridgehead atoms. The van der Waals surface area contributed by atoms with E-state index in [9.17, 15) is 5.11 Å². The van der Waals surface area contributed by atoms with Gasteiger partial charge in [-0.15, -0.1) is 13.2 Å². The lowest BCUT2D eigenvalue weighted by Crippen LogP contribution is -2.43. The van der Waals surface area contributed by atoms with Gasteiger partial charge in [-0.05, 0) is 32.4 Å². The van der Waals surface area contributed by atoms with Crippen LogP contribution in [0.1, 0.15) is 19.3 Å². The molecule has 1 unspecified atom stereocenters. The highest BCUT2D eigenvalue weighted by Crippen LogP contribution is 2.37. The van der Waals surface area contributed by atoms with E-state index in [0.717, 1.165) is 32.4 Å².